The maximum absolute atomic E-state index is 13.2. The van der Waals surface area contributed by atoms with Crippen LogP contribution >= 0.6 is 0 Å². The van der Waals surface area contributed by atoms with Crippen LogP contribution in [0, 0.1) is 0 Å². The normalized spacial score (nSPS) is 16.7. The highest BCUT2D eigenvalue weighted by Gasteiger charge is 2.34. The van der Waals surface area contributed by atoms with Crippen molar-refractivity contribution >= 4 is 5.91 Å². The number of amides is 1. The molecule has 1 fully saturated rings. The van der Waals surface area contributed by atoms with Gasteiger partial charge in [0.2, 0.25) is 0 Å². The van der Waals surface area contributed by atoms with Crippen molar-refractivity contribution in [3.05, 3.63) is 66.2 Å². The van der Waals surface area contributed by atoms with Gasteiger partial charge in [0, 0.05) is 24.5 Å². The molecule has 0 saturated carbocycles. The molecule has 1 amide bonds. The number of carbonyl (C=O) groups excluding carboxylic acids is 1. The number of hydrogen-bond acceptors (Lipinski definition) is 4. The fourth-order valence-electron chi connectivity index (χ4n) is 3.60. The minimum absolute atomic E-state index is 0.0137. The lowest BCUT2D eigenvalue weighted by Gasteiger charge is -2.25. The Morgan fingerprint density at radius 1 is 1.23 bits per heavy atom. The van der Waals surface area contributed by atoms with Crippen LogP contribution < -0.4 is 4.74 Å². The highest BCUT2D eigenvalue weighted by Crippen LogP contribution is 2.37. The Kier molecular flexibility index (Phi) is 4.39. The van der Waals surface area contributed by atoms with E-state index in [0.717, 1.165) is 36.2 Å². The van der Waals surface area contributed by atoms with Crippen molar-refractivity contribution in [2.75, 3.05) is 13.7 Å². The van der Waals surface area contributed by atoms with Gasteiger partial charge < -0.3 is 9.64 Å². The van der Waals surface area contributed by atoms with Crippen LogP contribution in [0.3, 0.4) is 0 Å². The fraction of sp³-hybridized carbons (Fsp3) is 0.250. The van der Waals surface area contributed by atoms with Gasteiger partial charge in [-0.15, -0.1) is 0 Å². The number of nitrogens with zero attached hydrogens (tertiary/aromatic N) is 3. The summed E-state index contributed by atoms with van der Waals surface area (Å²) in [6, 6.07) is 11.2. The number of H-pyrrole nitrogens is 1. The van der Waals surface area contributed by atoms with Crippen LogP contribution in [0.15, 0.2) is 55.0 Å². The van der Waals surface area contributed by atoms with Gasteiger partial charge in [-0.1, -0.05) is 12.1 Å². The molecule has 0 bridgehead atoms. The first-order chi connectivity index (χ1) is 12.8. The van der Waals surface area contributed by atoms with Gasteiger partial charge in [0.15, 0.2) is 0 Å². The minimum atomic E-state index is -0.0296. The van der Waals surface area contributed by atoms with Crippen molar-refractivity contribution < 1.29 is 9.53 Å². The Labute approximate surface area is 151 Å². The van der Waals surface area contributed by atoms with Crippen molar-refractivity contribution in [2.45, 2.75) is 18.9 Å². The summed E-state index contributed by atoms with van der Waals surface area (Å²) in [5, 5.41) is 7.35. The second kappa shape index (κ2) is 7.00. The van der Waals surface area contributed by atoms with Crippen molar-refractivity contribution in [1.29, 1.82) is 0 Å². The molecule has 2 aromatic heterocycles. The predicted molar refractivity (Wildman–Crippen MR) is 97.8 cm³/mol. The maximum atomic E-state index is 13.2. The highest BCUT2D eigenvalue weighted by atomic mass is 16.5. The lowest BCUT2D eigenvalue weighted by molar-refractivity contribution is 0.0730. The minimum Gasteiger partial charge on any atom is -0.496 e. The number of carbonyl (C=O) groups is 1. The number of aromatic nitrogens is 3. The van der Waals surface area contributed by atoms with Crippen molar-refractivity contribution in [3.8, 4) is 16.9 Å². The Morgan fingerprint density at radius 2 is 2.04 bits per heavy atom. The SMILES string of the molecule is COc1ccccc1C(=O)N1CCC[C@@H]1c1[nH]ncc1-c1ccncc1. The second-order valence-corrected chi connectivity index (χ2v) is 6.29. The smallest absolute Gasteiger partial charge is 0.258 e. The largest absolute Gasteiger partial charge is 0.496 e. The predicted octanol–water partition coefficient (Wildman–Crippen LogP) is 3.46. The van der Waals surface area contributed by atoms with E-state index in [9.17, 15) is 4.79 Å². The zero-order valence-electron chi connectivity index (χ0n) is 14.6. The lowest BCUT2D eigenvalue weighted by Crippen LogP contribution is -2.31. The first-order valence-corrected chi connectivity index (χ1v) is 8.67. The van der Waals surface area contributed by atoms with Gasteiger partial charge >= 0.3 is 0 Å². The maximum Gasteiger partial charge on any atom is 0.258 e. The van der Waals surface area contributed by atoms with Gasteiger partial charge in [-0.3, -0.25) is 14.9 Å². The number of aromatic amines is 1. The molecule has 4 rings (SSSR count). The third-order valence-corrected chi connectivity index (χ3v) is 4.84. The molecule has 0 radical (unpaired) electrons. The summed E-state index contributed by atoms with van der Waals surface area (Å²) in [4.78, 5) is 19.2. The van der Waals surface area contributed by atoms with Crippen LogP contribution in [0.5, 0.6) is 5.75 Å². The van der Waals surface area contributed by atoms with Gasteiger partial charge in [0.25, 0.3) is 5.91 Å². The van der Waals surface area contributed by atoms with Gasteiger partial charge in [-0.25, -0.2) is 0 Å². The topological polar surface area (TPSA) is 71.1 Å². The van der Waals surface area contributed by atoms with Crippen LogP contribution in [-0.2, 0) is 0 Å². The number of methoxy groups -OCH3 is 1. The molecule has 0 spiro atoms. The number of ether oxygens (including phenoxy) is 1. The molecular weight excluding hydrogens is 328 g/mol. The van der Waals surface area contributed by atoms with E-state index in [1.54, 1.807) is 19.5 Å². The Hall–Kier alpha value is -3.15. The average Bonchev–Trinajstić information content (AvgIpc) is 3.37. The molecule has 6 nitrogen and oxygen atoms in total. The second-order valence-electron chi connectivity index (χ2n) is 6.29. The summed E-state index contributed by atoms with van der Waals surface area (Å²) in [6.45, 7) is 0.719. The molecule has 1 atom stereocenters. The van der Waals surface area contributed by atoms with E-state index in [2.05, 4.69) is 15.2 Å². The van der Waals surface area contributed by atoms with E-state index in [1.165, 1.54) is 0 Å². The molecule has 1 aromatic carbocycles. The standard InChI is InChI=1S/C20H20N4O2/c1-26-18-7-3-2-5-15(18)20(25)24-12-4-6-17(24)19-16(13-22-23-19)14-8-10-21-11-9-14/h2-3,5,7-11,13,17H,4,6,12H2,1H3,(H,22,23)/t17-/m1/s1. The molecular formula is C20H20N4O2. The number of pyridine rings is 1. The Bertz CT molecular complexity index is 907. The summed E-state index contributed by atoms with van der Waals surface area (Å²) in [6.07, 6.45) is 7.20. The highest BCUT2D eigenvalue weighted by molar-refractivity contribution is 5.97. The first-order valence-electron chi connectivity index (χ1n) is 8.67. The molecule has 1 saturated heterocycles. The summed E-state index contributed by atoms with van der Waals surface area (Å²) in [5.74, 6) is 0.586. The molecule has 3 aromatic rings. The van der Waals surface area contributed by atoms with E-state index >= 15 is 0 Å². The van der Waals surface area contributed by atoms with Gasteiger partial charge in [0.05, 0.1) is 30.6 Å². The number of para-hydroxylation sites is 1. The molecule has 132 valence electrons. The Morgan fingerprint density at radius 3 is 2.85 bits per heavy atom. The quantitative estimate of drug-likeness (QED) is 0.784. The van der Waals surface area contributed by atoms with Crippen LogP contribution in [0.2, 0.25) is 0 Å². The van der Waals surface area contributed by atoms with E-state index in [-0.39, 0.29) is 11.9 Å². The molecule has 0 unspecified atom stereocenters. The summed E-state index contributed by atoms with van der Waals surface area (Å²) < 4.78 is 5.37. The zero-order valence-corrected chi connectivity index (χ0v) is 14.6. The molecule has 26 heavy (non-hydrogen) atoms. The van der Waals surface area contributed by atoms with E-state index < -0.39 is 0 Å². The van der Waals surface area contributed by atoms with Gasteiger partial charge in [-0.2, -0.15) is 5.10 Å². The Balaban J connectivity index is 1.68. The molecule has 0 aliphatic carbocycles. The lowest BCUT2D eigenvalue weighted by atomic mass is 10.0. The number of rotatable bonds is 4. The van der Waals surface area contributed by atoms with Crippen LogP contribution in [-0.4, -0.2) is 39.6 Å². The zero-order chi connectivity index (χ0) is 17.9. The van der Waals surface area contributed by atoms with Crippen molar-refractivity contribution in [2.24, 2.45) is 0 Å². The summed E-state index contributed by atoms with van der Waals surface area (Å²) >= 11 is 0. The van der Waals surface area contributed by atoms with Gasteiger partial charge in [0.1, 0.15) is 5.75 Å². The molecule has 1 aliphatic rings. The number of benzene rings is 1. The van der Waals surface area contributed by atoms with Crippen LogP contribution in [0.1, 0.15) is 34.9 Å². The van der Waals surface area contributed by atoms with Crippen molar-refractivity contribution in [3.63, 3.8) is 0 Å². The molecule has 1 aliphatic heterocycles. The van der Waals surface area contributed by atoms with Crippen LogP contribution in [0.4, 0.5) is 0 Å². The first kappa shape index (κ1) is 16.3. The van der Waals surface area contributed by atoms with E-state index in [0.29, 0.717) is 11.3 Å². The fourth-order valence-corrected chi connectivity index (χ4v) is 3.60. The molecule has 6 heteroatoms. The average molecular weight is 348 g/mol. The third-order valence-electron chi connectivity index (χ3n) is 4.84. The number of nitrogens with one attached hydrogen (secondary N) is 1. The molecule has 1 N–H and O–H groups in total. The summed E-state index contributed by atoms with van der Waals surface area (Å²) in [5.41, 5.74) is 3.61. The molecule has 3 heterocycles. The van der Waals surface area contributed by atoms with Crippen LogP contribution in [0.25, 0.3) is 11.1 Å². The van der Waals surface area contributed by atoms with E-state index in [1.807, 2.05) is 47.5 Å². The van der Waals surface area contributed by atoms with Crippen molar-refractivity contribution in [1.82, 2.24) is 20.1 Å². The van der Waals surface area contributed by atoms with E-state index in [4.69, 9.17) is 4.74 Å². The van der Waals surface area contributed by atoms with Gasteiger partial charge in [-0.05, 0) is 42.7 Å². The third kappa shape index (κ3) is 2.83. The summed E-state index contributed by atoms with van der Waals surface area (Å²) in [7, 11) is 1.59. The number of likely N-dealkylation sites (tertiary alicyclic amines) is 1. The monoisotopic (exact) mass is 348 g/mol. The number of hydrogen-bond donors (Lipinski definition) is 1.